The van der Waals surface area contributed by atoms with Gasteiger partial charge in [-0.05, 0) is 24.3 Å². The standard InChI is InChI=1S/C13H19ClN2O4S/c1-9-5-10(9)7-15-13(17)12-6-11(21(14,18)19)8-16(12)3-4-20-2/h6,8-10H,3-5,7H2,1-2H3,(H,15,17). The lowest BCUT2D eigenvalue weighted by Gasteiger charge is -2.08. The largest absolute Gasteiger partial charge is 0.383 e. The fourth-order valence-corrected chi connectivity index (χ4v) is 2.94. The molecule has 1 aromatic heterocycles. The summed E-state index contributed by atoms with van der Waals surface area (Å²) in [7, 11) is 3.01. The van der Waals surface area contributed by atoms with E-state index < -0.39 is 9.05 Å². The Morgan fingerprint density at radius 1 is 1.57 bits per heavy atom. The second-order valence-corrected chi connectivity index (χ2v) is 7.93. The van der Waals surface area contributed by atoms with Crippen LogP contribution < -0.4 is 5.32 Å². The van der Waals surface area contributed by atoms with Crippen molar-refractivity contribution in [1.29, 1.82) is 0 Å². The first-order valence-electron chi connectivity index (χ1n) is 6.75. The van der Waals surface area contributed by atoms with Crippen LogP contribution >= 0.6 is 10.7 Å². The summed E-state index contributed by atoms with van der Waals surface area (Å²) < 4.78 is 29.3. The van der Waals surface area contributed by atoms with Crippen LogP contribution in [-0.4, -0.2) is 39.2 Å². The summed E-state index contributed by atoms with van der Waals surface area (Å²) in [6.07, 6.45) is 2.47. The van der Waals surface area contributed by atoms with Crippen molar-refractivity contribution in [1.82, 2.24) is 9.88 Å². The van der Waals surface area contributed by atoms with Crippen molar-refractivity contribution in [2.24, 2.45) is 11.8 Å². The molecular formula is C13H19ClN2O4S. The van der Waals surface area contributed by atoms with Crippen LogP contribution in [0.2, 0.25) is 0 Å². The Labute approximate surface area is 128 Å². The number of rotatable bonds is 7. The first-order chi connectivity index (χ1) is 9.82. The van der Waals surface area contributed by atoms with Gasteiger partial charge in [-0.2, -0.15) is 0 Å². The lowest BCUT2D eigenvalue weighted by Crippen LogP contribution is -2.28. The lowest BCUT2D eigenvalue weighted by atomic mass is 10.3. The Hall–Kier alpha value is -1.05. The molecule has 118 valence electrons. The molecule has 2 atom stereocenters. The monoisotopic (exact) mass is 334 g/mol. The third-order valence-corrected chi connectivity index (χ3v) is 5.04. The molecule has 0 spiro atoms. The quantitative estimate of drug-likeness (QED) is 0.766. The Bertz CT molecular complexity index is 626. The van der Waals surface area contributed by atoms with Gasteiger partial charge in [0.2, 0.25) is 0 Å². The molecular weight excluding hydrogens is 316 g/mol. The second kappa shape index (κ2) is 6.37. The van der Waals surface area contributed by atoms with Crippen molar-refractivity contribution in [3.63, 3.8) is 0 Å². The zero-order valence-corrected chi connectivity index (χ0v) is 13.6. The number of carbonyl (C=O) groups is 1. The van der Waals surface area contributed by atoms with E-state index in [4.69, 9.17) is 15.4 Å². The van der Waals surface area contributed by atoms with E-state index in [1.165, 1.54) is 19.4 Å². The van der Waals surface area contributed by atoms with Gasteiger partial charge < -0.3 is 14.6 Å². The molecule has 8 heteroatoms. The van der Waals surface area contributed by atoms with Crippen molar-refractivity contribution >= 4 is 25.6 Å². The molecule has 1 saturated carbocycles. The van der Waals surface area contributed by atoms with Gasteiger partial charge in [-0.3, -0.25) is 4.79 Å². The zero-order valence-electron chi connectivity index (χ0n) is 12.0. The number of hydrogen-bond acceptors (Lipinski definition) is 4. The Morgan fingerprint density at radius 2 is 2.24 bits per heavy atom. The van der Waals surface area contributed by atoms with Gasteiger partial charge in [0.25, 0.3) is 15.0 Å². The van der Waals surface area contributed by atoms with Gasteiger partial charge in [-0.15, -0.1) is 0 Å². The molecule has 1 heterocycles. The number of methoxy groups -OCH3 is 1. The molecule has 1 aliphatic rings. The van der Waals surface area contributed by atoms with E-state index in [-0.39, 0.29) is 16.5 Å². The molecule has 1 amide bonds. The van der Waals surface area contributed by atoms with Gasteiger partial charge in [0.15, 0.2) is 0 Å². The summed E-state index contributed by atoms with van der Waals surface area (Å²) in [5.41, 5.74) is 0.277. The average Bonchev–Trinajstić information content (AvgIpc) is 2.93. The zero-order chi connectivity index (χ0) is 15.6. The summed E-state index contributed by atoms with van der Waals surface area (Å²) in [6, 6.07) is 1.30. The molecule has 1 aliphatic carbocycles. The minimum atomic E-state index is -3.86. The normalized spacial score (nSPS) is 21.3. The fourth-order valence-electron chi connectivity index (χ4n) is 2.18. The maximum absolute atomic E-state index is 12.2. The smallest absolute Gasteiger partial charge is 0.267 e. The average molecular weight is 335 g/mol. The van der Waals surface area contributed by atoms with E-state index in [1.807, 2.05) is 0 Å². The molecule has 0 aliphatic heterocycles. The molecule has 0 bridgehead atoms. The summed E-state index contributed by atoms with van der Waals surface area (Å²) >= 11 is 0. The molecule has 21 heavy (non-hydrogen) atoms. The van der Waals surface area contributed by atoms with E-state index in [9.17, 15) is 13.2 Å². The minimum Gasteiger partial charge on any atom is -0.383 e. The van der Waals surface area contributed by atoms with Gasteiger partial charge in [0, 0.05) is 37.1 Å². The summed E-state index contributed by atoms with van der Waals surface area (Å²) in [4.78, 5) is 12.1. The van der Waals surface area contributed by atoms with Crippen LogP contribution in [-0.2, 0) is 20.3 Å². The van der Waals surface area contributed by atoms with Crippen molar-refractivity contribution < 1.29 is 17.9 Å². The molecule has 2 unspecified atom stereocenters. The van der Waals surface area contributed by atoms with Crippen molar-refractivity contribution in [2.75, 3.05) is 20.3 Å². The van der Waals surface area contributed by atoms with Crippen molar-refractivity contribution in [3.05, 3.63) is 18.0 Å². The molecule has 1 aromatic rings. The van der Waals surface area contributed by atoms with Crippen LogP contribution in [0.1, 0.15) is 23.8 Å². The Morgan fingerprint density at radius 3 is 2.76 bits per heavy atom. The third kappa shape index (κ3) is 4.21. The van der Waals surface area contributed by atoms with Crippen LogP contribution in [0.4, 0.5) is 0 Å². The van der Waals surface area contributed by atoms with Crippen molar-refractivity contribution in [3.8, 4) is 0 Å². The highest BCUT2D eigenvalue weighted by atomic mass is 35.7. The first kappa shape index (κ1) is 16.3. The topological polar surface area (TPSA) is 77.4 Å². The number of halogens is 1. The number of nitrogens with one attached hydrogen (secondary N) is 1. The molecule has 0 radical (unpaired) electrons. The Balaban J connectivity index is 2.14. The summed E-state index contributed by atoms with van der Waals surface area (Å²) in [5.74, 6) is 0.869. The van der Waals surface area contributed by atoms with Gasteiger partial charge in [0.05, 0.1) is 6.61 Å². The van der Waals surface area contributed by atoms with Crippen LogP contribution in [0.3, 0.4) is 0 Å². The molecule has 0 saturated heterocycles. The SMILES string of the molecule is COCCn1cc(S(=O)(=O)Cl)cc1C(=O)NCC1CC1C. The predicted molar refractivity (Wildman–Crippen MR) is 79.0 cm³/mol. The van der Waals surface area contributed by atoms with Gasteiger partial charge in [0.1, 0.15) is 10.6 Å². The maximum atomic E-state index is 12.2. The second-order valence-electron chi connectivity index (χ2n) is 5.37. The van der Waals surface area contributed by atoms with Gasteiger partial charge >= 0.3 is 0 Å². The fraction of sp³-hybridized carbons (Fsp3) is 0.615. The van der Waals surface area contributed by atoms with Crippen LogP contribution in [0.25, 0.3) is 0 Å². The van der Waals surface area contributed by atoms with Crippen LogP contribution in [0.15, 0.2) is 17.2 Å². The Kier molecular flexibility index (Phi) is 4.95. The predicted octanol–water partition coefficient (Wildman–Crippen LogP) is 1.45. The third-order valence-electron chi connectivity index (χ3n) is 3.72. The number of carbonyl (C=O) groups excluding carboxylic acids is 1. The van der Waals surface area contributed by atoms with E-state index in [0.717, 1.165) is 6.42 Å². The minimum absolute atomic E-state index is 0.0785. The number of aromatic nitrogens is 1. The highest BCUT2D eigenvalue weighted by Gasteiger charge is 2.32. The molecule has 1 fully saturated rings. The van der Waals surface area contributed by atoms with Crippen LogP contribution in [0.5, 0.6) is 0 Å². The van der Waals surface area contributed by atoms with E-state index in [1.54, 1.807) is 4.57 Å². The lowest BCUT2D eigenvalue weighted by molar-refractivity contribution is 0.0939. The maximum Gasteiger partial charge on any atom is 0.267 e. The van der Waals surface area contributed by atoms with E-state index in [2.05, 4.69) is 12.2 Å². The molecule has 2 rings (SSSR count). The van der Waals surface area contributed by atoms with E-state index >= 15 is 0 Å². The van der Waals surface area contributed by atoms with Gasteiger partial charge in [-0.1, -0.05) is 6.92 Å². The van der Waals surface area contributed by atoms with Gasteiger partial charge in [-0.25, -0.2) is 8.42 Å². The number of hydrogen-bond donors (Lipinski definition) is 1. The summed E-state index contributed by atoms with van der Waals surface area (Å²) in [5, 5.41) is 2.83. The number of amides is 1. The molecule has 1 N–H and O–H groups in total. The number of nitrogens with zero attached hydrogens (tertiary/aromatic N) is 1. The highest BCUT2D eigenvalue weighted by Crippen LogP contribution is 2.36. The molecule has 6 nitrogen and oxygen atoms in total. The van der Waals surface area contributed by atoms with Crippen LogP contribution in [0, 0.1) is 11.8 Å². The highest BCUT2D eigenvalue weighted by molar-refractivity contribution is 8.13. The number of ether oxygens (including phenoxy) is 1. The first-order valence-corrected chi connectivity index (χ1v) is 9.06. The van der Waals surface area contributed by atoms with E-state index in [0.29, 0.717) is 31.5 Å². The molecule has 0 aromatic carbocycles. The summed E-state index contributed by atoms with van der Waals surface area (Å²) in [6.45, 7) is 3.50. The van der Waals surface area contributed by atoms with Crippen molar-refractivity contribution in [2.45, 2.75) is 24.8 Å².